The lowest BCUT2D eigenvalue weighted by Gasteiger charge is -2.10. The van der Waals surface area contributed by atoms with Crippen LogP contribution >= 0.6 is 39.1 Å². The van der Waals surface area contributed by atoms with E-state index in [1.165, 1.54) is 0 Å². The number of aldehydes is 1. The zero-order valence-electron chi connectivity index (χ0n) is 9.70. The van der Waals surface area contributed by atoms with Crippen LogP contribution in [0.1, 0.15) is 15.9 Å². The van der Waals surface area contributed by atoms with Gasteiger partial charge in [0.15, 0.2) is 6.29 Å². The standard InChI is InChI=1S/C14H9BrCl2O2/c15-10-5-4-9(13(17)6-10)8-19-14-3-1-2-12(16)11(14)7-18/h1-7H,8H2. The Labute approximate surface area is 129 Å². The average Bonchev–Trinajstić information content (AvgIpc) is 2.38. The molecule has 0 aliphatic heterocycles. The summed E-state index contributed by atoms with van der Waals surface area (Å²) in [5.74, 6) is 0.446. The molecule has 0 radical (unpaired) electrons. The molecule has 2 aromatic carbocycles. The highest BCUT2D eigenvalue weighted by Crippen LogP contribution is 2.27. The number of benzene rings is 2. The topological polar surface area (TPSA) is 26.3 Å². The molecule has 0 aliphatic rings. The maximum atomic E-state index is 11.0. The molecule has 0 aromatic heterocycles. The van der Waals surface area contributed by atoms with Crippen molar-refractivity contribution in [2.24, 2.45) is 0 Å². The van der Waals surface area contributed by atoms with Crippen molar-refractivity contribution < 1.29 is 9.53 Å². The van der Waals surface area contributed by atoms with E-state index in [0.29, 0.717) is 27.6 Å². The van der Waals surface area contributed by atoms with Crippen molar-refractivity contribution in [1.29, 1.82) is 0 Å². The number of halogens is 3. The van der Waals surface area contributed by atoms with Crippen LogP contribution in [0.5, 0.6) is 5.75 Å². The van der Waals surface area contributed by atoms with Crippen LogP contribution in [0.25, 0.3) is 0 Å². The number of rotatable bonds is 4. The number of hydrogen-bond donors (Lipinski definition) is 0. The predicted octanol–water partition coefficient (Wildman–Crippen LogP) is 5.15. The first-order valence-electron chi connectivity index (χ1n) is 5.42. The van der Waals surface area contributed by atoms with Gasteiger partial charge in [-0.2, -0.15) is 0 Å². The quantitative estimate of drug-likeness (QED) is 0.706. The molecule has 5 heteroatoms. The van der Waals surface area contributed by atoms with Crippen molar-refractivity contribution in [2.45, 2.75) is 6.61 Å². The Balaban J connectivity index is 2.19. The van der Waals surface area contributed by atoms with Crippen LogP contribution in [0.2, 0.25) is 10.0 Å². The Kier molecular flexibility index (Phi) is 4.86. The molecule has 2 aromatic rings. The van der Waals surface area contributed by atoms with E-state index in [9.17, 15) is 4.79 Å². The molecule has 0 spiro atoms. The van der Waals surface area contributed by atoms with Gasteiger partial charge in [-0.05, 0) is 24.3 Å². The number of carbonyl (C=O) groups excluding carboxylic acids is 1. The zero-order valence-corrected chi connectivity index (χ0v) is 12.8. The van der Waals surface area contributed by atoms with Gasteiger partial charge in [-0.1, -0.05) is 51.3 Å². The highest BCUT2D eigenvalue weighted by molar-refractivity contribution is 9.10. The van der Waals surface area contributed by atoms with E-state index >= 15 is 0 Å². The molecule has 0 bridgehead atoms. The molecule has 19 heavy (non-hydrogen) atoms. The molecule has 0 saturated heterocycles. The molecule has 2 nitrogen and oxygen atoms in total. The Morgan fingerprint density at radius 3 is 2.63 bits per heavy atom. The molecule has 0 atom stereocenters. The van der Waals surface area contributed by atoms with E-state index in [1.54, 1.807) is 24.3 Å². The molecular weight excluding hydrogens is 351 g/mol. The summed E-state index contributed by atoms with van der Waals surface area (Å²) in [5.41, 5.74) is 1.18. The van der Waals surface area contributed by atoms with Gasteiger partial charge in [0.25, 0.3) is 0 Å². The summed E-state index contributed by atoms with van der Waals surface area (Å²) in [6.45, 7) is 0.271. The van der Waals surface area contributed by atoms with E-state index in [2.05, 4.69) is 15.9 Å². The van der Waals surface area contributed by atoms with Crippen molar-refractivity contribution in [3.8, 4) is 5.75 Å². The van der Waals surface area contributed by atoms with Gasteiger partial charge in [0.1, 0.15) is 12.4 Å². The fourth-order valence-electron chi connectivity index (χ4n) is 1.55. The van der Waals surface area contributed by atoms with Crippen LogP contribution in [0.4, 0.5) is 0 Å². The second-order valence-electron chi connectivity index (χ2n) is 3.79. The van der Waals surface area contributed by atoms with E-state index in [1.807, 2.05) is 12.1 Å². The van der Waals surface area contributed by atoms with E-state index in [4.69, 9.17) is 27.9 Å². The third-order valence-corrected chi connectivity index (χ3v) is 3.70. The molecular formula is C14H9BrCl2O2. The van der Waals surface area contributed by atoms with Gasteiger partial charge in [-0.25, -0.2) is 0 Å². The lowest BCUT2D eigenvalue weighted by atomic mass is 10.2. The Bertz CT molecular complexity index is 614. The lowest BCUT2D eigenvalue weighted by Crippen LogP contribution is -1.99. The van der Waals surface area contributed by atoms with Gasteiger partial charge in [0.05, 0.1) is 10.6 Å². The molecule has 2 rings (SSSR count). The normalized spacial score (nSPS) is 10.3. The predicted molar refractivity (Wildman–Crippen MR) is 80.3 cm³/mol. The highest BCUT2D eigenvalue weighted by atomic mass is 79.9. The van der Waals surface area contributed by atoms with Gasteiger partial charge in [0, 0.05) is 15.1 Å². The van der Waals surface area contributed by atoms with Crippen LogP contribution < -0.4 is 4.74 Å². The van der Waals surface area contributed by atoms with Gasteiger partial charge < -0.3 is 4.74 Å². The summed E-state index contributed by atoms with van der Waals surface area (Å²) in [6, 6.07) is 10.6. The van der Waals surface area contributed by atoms with Crippen molar-refractivity contribution in [2.75, 3.05) is 0 Å². The molecule has 0 amide bonds. The second kappa shape index (κ2) is 6.42. The molecule has 0 N–H and O–H groups in total. The number of carbonyl (C=O) groups is 1. The molecule has 0 fully saturated rings. The van der Waals surface area contributed by atoms with Crippen molar-refractivity contribution >= 4 is 45.4 Å². The van der Waals surface area contributed by atoms with Crippen LogP contribution in [-0.4, -0.2) is 6.29 Å². The third kappa shape index (κ3) is 3.50. The van der Waals surface area contributed by atoms with Gasteiger partial charge >= 0.3 is 0 Å². The number of ether oxygens (including phenoxy) is 1. The summed E-state index contributed by atoms with van der Waals surface area (Å²) in [6.07, 6.45) is 0.681. The fourth-order valence-corrected chi connectivity index (χ4v) is 2.49. The van der Waals surface area contributed by atoms with E-state index < -0.39 is 0 Å². The largest absolute Gasteiger partial charge is 0.488 e. The van der Waals surface area contributed by atoms with Crippen molar-refractivity contribution in [3.63, 3.8) is 0 Å². The Morgan fingerprint density at radius 1 is 1.16 bits per heavy atom. The van der Waals surface area contributed by atoms with Crippen LogP contribution in [0.3, 0.4) is 0 Å². The van der Waals surface area contributed by atoms with Crippen LogP contribution in [0.15, 0.2) is 40.9 Å². The smallest absolute Gasteiger partial charge is 0.155 e. The van der Waals surface area contributed by atoms with Crippen molar-refractivity contribution in [3.05, 3.63) is 62.0 Å². The number of hydrogen-bond acceptors (Lipinski definition) is 2. The van der Waals surface area contributed by atoms with E-state index in [0.717, 1.165) is 10.0 Å². The third-order valence-electron chi connectivity index (χ3n) is 2.53. The first-order valence-corrected chi connectivity index (χ1v) is 6.97. The monoisotopic (exact) mass is 358 g/mol. The van der Waals surface area contributed by atoms with Crippen LogP contribution in [-0.2, 0) is 6.61 Å². The molecule has 0 heterocycles. The SMILES string of the molecule is O=Cc1c(Cl)cccc1OCc1ccc(Br)cc1Cl. The second-order valence-corrected chi connectivity index (χ2v) is 5.52. The van der Waals surface area contributed by atoms with Gasteiger partial charge in [-0.15, -0.1) is 0 Å². The van der Waals surface area contributed by atoms with Crippen LogP contribution in [0, 0.1) is 0 Å². The van der Waals surface area contributed by atoms with Gasteiger partial charge in [0.2, 0.25) is 0 Å². The Hall–Kier alpha value is -1.03. The fraction of sp³-hybridized carbons (Fsp3) is 0.0714. The lowest BCUT2D eigenvalue weighted by molar-refractivity contribution is 0.111. The minimum atomic E-state index is 0.271. The minimum Gasteiger partial charge on any atom is -0.488 e. The molecule has 0 saturated carbocycles. The van der Waals surface area contributed by atoms with Crippen molar-refractivity contribution in [1.82, 2.24) is 0 Å². The minimum absolute atomic E-state index is 0.271. The highest BCUT2D eigenvalue weighted by Gasteiger charge is 2.08. The summed E-state index contributed by atoms with van der Waals surface area (Å²) in [7, 11) is 0. The zero-order chi connectivity index (χ0) is 13.8. The summed E-state index contributed by atoms with van der Waals surface area (Å²) in [5, 5.41) is 0.971. The molecule has 98 valence electrons. The average molecular weight is 360 g/mol. The molecule has 0 unspecified atom stereocenters. The van der Waals surface area contributed by atoms with Gasteiger partial charge in [-0.3, -0.25) is 4.79 Å². The summed E-state index contributed by atoms with van der Waals surface area (Å²) < 4.78 is 6.50. The maximum Gasteiger partial charge on any atom is 0.155 e. The Morgan fingerprint density at radius 2 is 1.95 bits per heavy atom. The first kappa shape index (κ1) is 14.4. The summed E-state index contributed by atoms with van der Waals surface area (Å²) in [4.78, 5) is 11.0. The van der Waals surface area contributed by atoms with E-state index in [-0.39, 0.29) is 6.61 Å². The first-order chi connectivity index (χ1) is 9.11. The molecule has 0 aliphatic carbocycles. The maximum absolute atomic E-state index is 11.0. The summed E-state index contributed by atoms with van der Waals surface area (Å²) >= 11 is 15.4.